The van der Waals surface area contributed by atoms with Crippen LogP contribution in [0.5, 0.6) is 0 Å². The van der Waals surface area contributed by atoms with Crippen LogP contribution in [0, 0.1) is 0 Å². The predicted octanol–water partition coefficient (Wildman–Crippen LogP) is 12.1. The summed E-state index contributed by atoms with van der Waals surface area (Å²) in [6.07, 6.45) is 2.05. The number of pyridine rings is 1. The fourth-order valence-corrected chi connectivity index (χ4v) is 8.42. The van der Waals surface area contributed by atoms with Crippen molar-refractivity contribution in [1.29, 1.82) is 0 Å². The van der Waals surface area contributed by atoms with Crippen LogP contribution in [0.1, 0.15) is 0 Å². The van der Waals surface area contributed by atoms with E-state index < -0.39 is 0 Å². The summed E-state index contributed by atoms with van der Waals surface area (Å²) in [5.74, 6) is 0.909. The molecular weight excluding hydrogens is 561 g/mol. The molecule has 3 aromatic heterocycles. The Labute approximate surface area is 256 Å². The maximum Gasteiger partial charge on any atom is 0.138 e. The molecule has 6 aromatic carbocycles. The van der Waals surface area contributed by atoms with Crippen molar-refractivity contribution in [3.8, 4) is 11.1 Å². The minimum Gasteiger partial charge on any atom is -0.295 e. The van der Waals surface area contributed by atoms with Crippen molar-refractivity contribution in [1.82, 2.24) is 4.98 Å². The van der Waals surface area contributed by atoms with Crippen molar-refractivity contribution in [2.24, 2.45) is 0 Å². The Morgan fingerprint density at radius 2 is 1.12 bits per heavy atom. The lowest BCUT2D eigenvalue weighted by molar-refractivity contribution is 1.20. The summed E-state index contributed by atoms with van der Waals surface area (Å²) in [5, 5.41) is 7.67. The Balaban J connectivity index is 1.27. The number of aromatic nitrogens is 1. The monoisotopic (exact) mass is 584 g/mol. The van der Waals surface area contributed by atoms with Crippen LogP contribution in [0.4, 0.5) is 17.2 Å². The van der Waals surface area contributed by atoms with Crippen molar-refractivity contribution >= 4 is 91.0 Å². The first-order valence-corrected chi connectivity index (χ1v) is 16.0. The van der Waals surface area contributed by atoms with Gasteiger partial charge in [-0.1, -0.05) is 91.0 Å². The molecule has 0 aliphatic rings. The van der Waals surface area contributed by atoms with Gasteiger partial charge in [-0.25, -0.2) is 4.98 Å². The molecule has 0 unspecified atom stereocenters. The number of anilines is 3. The van der Waals surface area contributed by atoms with E-state index in [1.165, 1.54) is 62.2 Å². The van der Waals surface area contributed by atoms with Crippen LogP contribution in [0.15, 0.2) is 146 Å². The largest absolute Gasteiger partial charge is 0.295 e. The van der Waals surface area contributed by atoms with E-state index in [1.54, 1.807) is 0 Å². The van der Waals surface area contributed by atoms with Crippen LogP contribution < -0.4 is 4.90 Å². The zero-order chi connectivity index (χ0) is 28.3. The first-order chi connectivity index (χ1) is 21.3. The van der Waals surface area contributed by atoms with E-state index >= 15 is 0 Å². The van der Waals surface area contributed by atoms with Gasteiger partial charge in [0.2, 0.25) is 0 Å². The fourth-order valence-electron chi connectivity index (χ4n) is 6.26. The highest BCUT2D eigenvalue weighted by atomic mass is 32.1. The van der Waals surface area contributed by atoms with Gasteiger partial charge in [0.1, 0.15) is 5.82 Å². The van der Waals surface area contributed by atoms with Gasteiger partial charge in [0.25, 0.3) is 0 Å². The third-order valence-corrected chi connectivity index (χ3v) is 10.6. The average Bonchev–Trinajstić information content (AvgIpc) is 3.64. The molecule has 0 amide bonds. The maximum atomic E-state index is 5.08. The molecule has 0 radical (unpaired) electrons. The third kappa shape index (κ3) is 4.03. The highest BCUT2D eigenvalue weighted by molar-refractivity contribution is 7.26. The third-order valence-electron chi connectivity index (χ3n) is 8.31. The van der Waals surface area contributed by atoms with Crippen molar-refractivity contribution in [3.05, 3.63) is 146 Å². The standard InChI is InChI=1S/C39H24N2S2/c1-2-8-25(9-3-1)26-14-17-28(18-15-26)41(29-19-21-35-32(22-29)31-12-6-7-13-34(31)42-35)38-23-33-37(24-40-38)43-36-20-16-27-10-4-5-11-30(27)39(33)36/h1-24H. The molecule has 0 bridgehead atoms. The summed E-state index contributed by atoms with van der Waals surface area (Å²) in [5.41, 5.74) is 4.58. The maximum absolute atomic E-state index is 5.08. The van der Waals surface area contributed by atoms with E-state index in [4.69, 9.17) is 4.98 Å². The molecule has 4 heteroatoms. The first-order valence-electron chi connectivity index (χ1n) is 14.4. The second-order valence-corrected chi connectivity index (χ2v) is 13.0. The summed E-state index contributed by atoms with van der Waals surface area (Å²) < 4.78 is 5.10. The smallest absolute Gasteiger partial charge is 0.138 e. The van der Waals surface area contributed by atoms with Gasteiger partial charge in [0, 0.05) is 53.2 Å². The van der Waals surface area contributed by atoms with Gasteiger partial charge in [-0.2, -0.15) is 0 Å². The topological polar surface area (TPSA) is 16.1 Å². The minimum absolute atomic E-state index is 0.909. The molecule has 0 saturated carbocycles. The molecule has 9 aromatic rings. The van der Waals surface area contributed by atoms with Gasteiger partial charge in [-0.05, 0) is 70.4 Å². The van der Waals surface area contributed by atoms with E-state index in [0.717, 1.165) is 17.2 Å². The molecule has 0 N–H and O–H groups in total. The number of thiophene rings is 2. The highest BCUT2D eigenvalue weighted by Gasteiger charge is 2.18. The van der Waals surface area contributed by atoms with Gasteiger partial charge >= 0.3 is 0 Å². The molecule has 0 spiro atoms. The Kier molecular flexibility index (Phi) is 5.58. The summed E-state index contributed by atoms with van der Waals surface area (Å²) in [6, 6.07) is 50.3. The molecule has 43 heavy (non-hydrogen) atoms. The van der Waals surface area contributed by atoms with Gasteiger partial charge < -0.3 is 0 Å². The fraction of sp³-hybridized carbons (Fsp3) is 0. The van der Waals surface area contributed by atoms with Gasteiger partial charge in [-0.15, -0.1) is 22.7 Å². The summed E-state index contributed by atoms with van der Waals surface area (Å²) >= 11 is 3.66. The minimum atomic E-state index is 0.909. The van der Waals surface area contributed by atoms with E-state index in [2.05, 4.69) is 144 Å². The Morgan fingerprint density at radius 3 is 2.00 bits per heavy atom. The predicted molar refractivity (Wildman–Crippen MR) is 188 cm³/mol. The summed E-state index contributed by atoms with van der Waals surface area (Å²) in [6.45, 7) is 0. The lowest BCUT2D eigenvalue weighted by Crippen LogP contribution is -2.11. The van der Waals surface area contributed by atoms with E-state index in [1.807, 2.05) is 28.9 Å². The number of benzene rings is 6. The number of hydrogen-bond donors (Lipinski definition) is 0. The highest BCUT2D eigenvalue weighted by Crippen LogP contribution is 2.43. The molecule has 0 saturated heterocycles. The van der Waals surface area contributed by atoms with Crippen LogP contribution in [-0.2, 0) is 0 Å². The van der Waals surface area contributed by atoms with Gasteiger partial charge in [0.05, 0.1) is 4.70 Å². The molecule has 3 heterocycles. The normalized spacial score (nSPS) is 11.7. The lowest BCUT2D eigenvalue weighted by Gasteiger charge is -2.25. The molecule has 0 atom stereocenters. The van der Waals surface area contributed by atoms with E-state index in [-0.39, 0.29) is 0 Å². The Hall–Kier alpha value is -5.03. The summed E-state index contributed by atoms with van der Waals surface area (Å²) in [7, 11) is 0. The molecule has 202 valence electrons. The average molecular weight is 585 g/mol. The van der Waals surface area contributed by atoms with Crippen molar-refractivity contribution < 1.29 is 0 Å². The summed E-state index contributed by atoms with van der Waals surface area (Å²) in [4.78, 5) is 7.39. The van der Waals surface area contributed by atoms with E-state index in [0.29, 0.717) is 0 Å². The molecule has 2 nitrogen and oxygen atoms in total. The molecular formula is C39H24N2S2. The van der Waals surface area contributed by atoms with Crippen LogP contribution in [-0.4, -0.2) is 4.98 Å². The van der Waals surface area contributed by atoms with Crippen molar-refractivity contribution in [2.45, 2.75) is 0 Å². The number of nitrogens with zero attached hydrogens (tertiary/aromatic N) is 2. The Bertz CT molecular complexity index is 2450. The van der Waals surface area contributed by atoms with Crippen molar-refractivity contribution in [3.63, 3.8) is 0 Å². The second kappa shape index (κ2) is 9.77. The van der Waals surface area contributed by atoms with Gasteiger partial charge in [-0.3, -0.25) is 4.90 Å². The van der Waals surface area contributed by atoms with E-state index in [9.17, 15) is 0 Å². The zero-order valence-electron chi connectivity index (χ0n) is 23.1. The SMILES string of the molecule is c1ccc(-c2ccc(N(c3ccc4sc5ccccc5c4c3)c3cc4c(cn3)sc3ccc5ccccc5c34)cc2)cc1. The van der Waals surface area contributed by atoms with Gasteiger partial charge in [0.15, 0.2) is 0 Å². The molecule has 0 aliphatic heterocycles. The molecule has 0 fully saturated rings. The van der Waals surface area contributed by atoms with Crippen LogP contribution >= 0.6 is 22.7 Å². The first kappa shape index (κ1) is 24.6. The molecule has 0 aliphatic carbocycles. The number of fused-ring (bicyclic) bond motifs is 8. The Morgan fingerprint density at radius 1 is 0.442 bits per heavy atom. The van der Waals surface area contributed by atoms with Crippen molar-refractivity contribution in [2.75, 3.05) is 4.90 Å². The molecule has 9 rings (SSSR count). The zero-order valence-corrected chi connectivity index (χ0v) is 24.7. The number of rotatable bonds is 4. The van der Waals surface area contributed by atoms with Crippen LogP contribution in [0.3, 0.4) is 0 Å². The van der Waals surface area contributed by atoms with Crippen LogP contribution in [0.2, 0.25) is 0 Å². The second-order valence-electron chi connectivity index (χ2n) is 10.8. The lowest BCUT2D eigenvalue weighted by atomic mass is 10.0. The van der Waals surface area contributed by atoms with Crippen LogP contribution in [0.25, 0.3) is 62.2 Å². The number of hydrogen-bond acceptors (Lipinski definition) is 4. The quantitative estimate of drug-likeness (QED) is 0.205.